The summed E-state index contributed by atoms with van der Waals surface area (Å²) in [4.78, 5) is 19.9. The van der Waals surface area contributed by atoms with E-state index in [9.17, 15) is 4.79 Å². The van der Waals surface area contributed by atoms with Crippen molar-refractivity contribution in [2.75, 3.05) is 13.1 Å². The van der Waals surface area contributed by atoms with Gasteiger partial charge in [-0.15, -0.1) is 0 Å². The van der Waals surface area contributed by atoms with Gasteiger partial charge < -0.3 is 10.2 Å². The Kier molecular flexibility index (Phi) is 4.42. The van der Waals surface area contributed by atoms with Crippen LogP contribution in [0.15, 0.2) is 18.2 Å². The number of piperazine rings is 1. The first kappa shape index (κ1) is 16.8. The van der Waals surface area contributed by atoms with Crippen LogP contribution in [0.2, 0.25) is 5.02 Å². The Morgan fingerprint density at radius 3 is 2.68 bits per heavy atom. The average molecular weight is 358 g/mol. The van der Waals surface area contributed by atoms with Crippen LogP contribution in [-0.2, 0) is 12.8 Å². The van der Waals surface area contributed by atoms with Gasteiger partial charge in [-0.2, -0.15) is 0 Å². The molecule has 1 aromatic heterocycles. The lowest BCUT2D eigenvalue weighted by Crippen LogP contribution is -2.57. The van der Waals surface area contributed by atoms with E-state index in [1.54, 1.807) is 0 Å². The zero-order valence-electron chi connectivity index (χ0n) is 14.8. The quantitative estimate of drug-likeness (QED) is 0.848. The van der Waals surface area contributed by atoms with Crippen molar-refractivity contribution >= 4 is 28.4 Å². The van der Waals surface area contributed by atoms with Gasteiger partial charge in [0.15, 0.2) is 0 Å². The van der Waals surface area contributed by atoms with E-state index in [0.717, 1.165) is 54.0 Å². The number of nitrogens with zero attached hydrogens (tertiary/aromatic N) is 2. The molecule has 2 aromatic rings. The number of carbonyl (C=O) groups is 1. The highest BCUT2D eigenvalue weighted by molar-refractivity contribution is 6.36. The Morgan fingerprint density at radius 1 is 1.20 bits per heavy atom. The number of hydrogen-bond acceptors (Lipinski definition) is 3. The molecule has 4 rings (SSSR count). The molecule has 4 nitrogen and oxygen atoms in total. The maximum absolute atomic E-state index is 13.1. The number of aromatic nitrogens is 1. The fourth-order valence-corrected chi connectivity index (χ4v) is 4.54. The second-order valence-corrected chi connectivity index (χ2v) is 7.74. The molecule has 1 fully saturated rings. The number of benzene rings is 1. The predicted molar refractivity (Wildman–Crippen MR) is 101 cm³/mol. The molecule has 5 heteroatoms. The van der Waals surface area contributed by atoms with Crippen LogP contribution in [0.3, 0.4) is 0 Å². The maximum Gasteiger partial charge on any atom is 0.254 e. The molecular weight excluding hydrogens is 334 g/mol. The lowest BCUT2D eigenvalue weighted by atomic mass is 9.94. The smallest absolute Gasteiger partial charge is 0.254 e. The van der Waals surface area contributed by atoms with Crippen LogP contribution in [0.25, 0.3) is 10.9 Å². The lowest BCUT2D eigenvalue weighted by molar-refractivity contribution is 0.0544. The van der Waals surface area contributed by atoms with Crippen molar-refractivity contribution in [1.82, 2.24) is 15.2 Å². The summed E-state index contributed by atoms with van der Waals surface area (Å²) >= 11 is 6.64. The molecule has 1 saturated heterocycles. The van der Waals surface area contributed by atoms with Crippen LogP contribution in [0.5, 0.6) is 0 Å². The maximum atomic E-state index is 13.1. The zero-order valence-corrected chi connectivity index (χ0v) is 15.6. The zero-order chi connectivity index (χ0) is 17.6. The van der Waals surface area contributed by atoms with Crippen molar-refractivity contribution in [3.8, 4) is 0 Å². The lowest BCUT2D eigenvalue weighted by Gasteiger charge is -2.39. The van der Waals surface area contributed by atoms with Gasteiger partial charge in [0.2, 0.25) is 0 Å². The van der Waals surface area contributed by atoms with Crippen LogP contribution in [0, 0.1) is 0 Å². The van der Waals surface area contributed by atoms with Gasteiger partial charge >= 0.3 is 0 Å². The third-order valence-electron chi connectivity index (χ3n) is 5.50. The summed E-state index contributed by atoms with van der Waals surface area (Å²) in [6.07, 6.45) is 4.33. The summed E-state index contributed by atoms with van der Waals surface area (Å²) in [5.74, 6) is 0.0824. The molecule has 2 heterocycles. The summed E-state index contributed by atoms with van der Waals surface area (Å²) in [5, 5.41) is 5.15. The standard InChI is InChI=1S/C20H24ClN3O/c1-12-10-22-11-13(2)24(12)20(25)14-7-8-16-18(9-14)23-17-6-4-3-5-15(17)19(16)21/h7-9,12-13,22H,3-6,10-11H2,1-2H3. The number of fused-ring (bicyclic) bond motifs is 2. The van der Waals surface area contributed by atoms with Crippen LogP contribution < -0.4 is 5.32 Å². The molecule has 25 heavy (non-hydrogen) atoms. The fraction of sp³-hybridized carbons (Fsp3) is 0.500. The van der Waals surface area contributed by atoms with Gasteiger partial charge in [-0.05, 0) is 57.2 Å². The summed E-state index contributed by atoms with van der Waals surface area (Å²) < 4.78 is 0. The van der Waals surface area contributed by atoms with Gasteiger partial charge in [-0.25, -0.2) is 0 Å². The number of pyridine rings is 1. The van der Waals surface area contributed by atoms with E-state index in [2.05, 4.69) is 19.2 Å². The monoisotopic (exact) mass is 357 g/mol. The van der Waals surface area contributed by atoms with Crippen LogP contribution >= 0.6 is 11.6 Å². The topological polar surface area (TPSA) is 45.2 Å². The Hall–Kier alpha value is -1.65. The van der Waals surface area contributed by atoms with Crippen molar-refractivity contribution in [3.63, 3.8) is 0 Å². The van der Waals surface area contributed by atoms with Gasteiger partial charge in [0.05, 0.1) is 10.5 Å². The molecule has 1 amide bonds. The highest BCUT2D eigenvalue weighted by Gasteiger charge is 2.29. The molecule has 0 bridgehead atoms. The van der Waals surface area contributed by atoms with Crippen molar-refractivity contribution in [3.05, 3.63) is 40.0 Å². The first-order chi connectivity index (χ1) is 12.1. The molecule has 132 valence electrons. The molecule has 1 N–H and O–H groups in total. The van der Waals surface area contributed by atoms with E-state index in [0.29, 0.717) is 5.56 Å². The molecule has 1 aliphatic heterocycles. The van der Waals surface area contributed by atoms with Crippen LogP contribution in [0.4, 0.5) is 0 Å². The molecule has 1 aromatic carbocycles. The Balaban J connectivity index is 1.75. The summed E-state index contributed by atoms with van der Waals surface area (Å²) in [6, 6.07) is 6.15. The van der Waals surface area contributed by atoms with Gasteiger partial charge in [-0.1, -0.05) is 17.7 Å². The molecule has 2 unspecified atom stereocenters. The number of nitrogens with one attached hydrogen (secondary N) is 1. The predicted octanol–water partition coefficient (Wildman–Crippen LogP) is 3.59. The average Bonchev–Trinajstić information content (AvgIpc) is 2.61. The molecular formula is C20H24ClN3O. The normalized spacial score (nSPS) is 23.6. The van der Waals surface area contributed by atoms with Crippen molar-refractivity contribution in [2.24, 2.45) is 0 Å². The molecule has 0 spiro atoms. The summed E-state index contributed by atoms with van der Waals surface area (Å²) in [7, 11) is 0. The first-order valence-electron chi connectivity index (χ1n) is 9.20. The van der Waals surface area contributed by atoms with Gasteiger partial charge in [0.25, 0.3) is 5.91 Å². The van der Waals surface area contributed by atoms with Crippen molar-refractivity contribution in [2.45, 2.75) is 51.6 Å². The number of aryl methyl sites for hydroxylation is 1. The van der Waals surface area contributed by atoms with Gasteiger partial charge in [-0.3, -0.25) is 9.78 Å². The number of hydrogen-bond donors (Lipinski definition) is 1. The summed E-state index contributed by atoms with van der Waals surface area (Å²) in [6.45, 7) is 5.85. The number of rotatable bonds is 1. The van der Waals surface area contributed by atoms with E-state index < -0.39 is 0 Å². The highest BCUT2D eigenvalue weighted by atomic mass is 35.5. The van der Waals surface area contributed by atoms with Crippen LogP contribution in [0.1, 0.15) is 48.3 Å². The minimum absolute atomic E-state index is 0.0824. The molecule has 0 saturated carbocycles. The fourth-order valence-electron chi connectivity index (χ4n) is 4.18. The first-order valence-corrected chi connectivity index (χ1v) is 9.58. The molecule has 2 atom stereocenters. The van der Waals surface area contributed by atoms with E-state index in [-0.39, 0.29) is 18.0 Å². The Bertz CT molecular complexity index is 825. The van der Waals surface area contributed by atoms with E-state index in [1.807, 2.05) is 23.1 Å². The van der Waals surface area contributed by atoms with E-state index in [1.165, 1.54) is 12.0 Å². The third-order valence-corrected chi connectivity index (χ3v) is 5.94. The molecule has 2 aliphatic rings. The van der Waals surface area contributed by atoms with Crippen LogP contribution in [-0.4, -0.2) is 41.0 Å². The second-order valence-electron chi connectivity index (χ2n) is 7.36. The van der Waals surface area contributed by atoms with Crippen molar-refractivity contribution < 1.29 is 4.79 Å². The number of halogens is 1. The minimum Gasteiger partial charge on any atom is -0.331 e. The second kappa shape index (κ2) is 6.58. The van der Waals surface area contributed by atoms with Crippen molar-refractivity contribution in [1.29, 1.82) is 0 Å². The molecule has 0 radical (unpaired) electrons. The van der Waals surface area contributed by atoms with Gasteiger partial charge in [0, 0.05) is 41.8 Å². The Labute approximate surface area is 153 Å². The van der Waals surface area contributed by atoms with E-state index in [4.69, 9.17) is 16.6 Å². The Morgan fingerprint density at radius 2 is 1.92 bits per heavy atom. The van der Waals surface area contributed by atoms with Gasteiger partial charge in [0.1, 0.15) is 0 Å². The molecule has 1 aliphatic carbocycles. The largest absolute Gasteiger partial charge is 0.331 e. The number of carbonyl (C=O) groups excluding carboxylic acids is 1. The number of amides is 1. The van der Waals surface area contributed by atoms with E-state index >= 15 is 0 Å². The minimum atomic E-state index is 0.0824. The summed E-state index contributed by atoms with van der Waals surface area (Å²) in [5.41, 5.74) is 3.85. The SMILES string of the molecule is CC1CNCC(C)N1C(=O)c1ccc2c(Cl)c3c(nc2c1)CCCC3. The third kappa shape index (κ3) is 2.91. The highest BCUT2D eigenvalue weighted by Crippen LogP contribution is 2.33.